The molecular formula is C14H20N2S2. The summed E-state index contributed by atoms with van der Waals surface area (Å²) < 4.78 is 0. The van der Waals surface area contributed by atoms with Gasteiger partial charge in [0, 0.05) is 28.8 Å². The molecule has 0 aliphatic heterocycles. The summed E-state index contributed by atoms with van der Waals surface area (Å²) in [6.07, 6.45) is 0. The minimum Gasteiger partial charge on any atom is -0.306 e. The van der Waals surface area contributed by atoms with Gasteiger partial charge in [0.15, 0.2) is 0 Å². The Balaban J connectivity index is 1.88. The van der Waals surface area contributed by atoms with Gasteiger partial charge in [-0.05, 0) is 23.9 Å². The fraction of sp³-hybridized carbons (Fsp3) is 0.500. The van der Waals surface area contributed by atoms with Crippen LogP contribution in [0.3, 0.4) is 0 Å². The van der Waals surface area contributed by atoms with Gasteiger partial charge < -0.3 is 5.32 Å². The quantitative estimate of drug-likeness (QED) is 0.912. The first-order valence-electron chi connectivity index (χ1n) is 6.15. The molecule has 2 heterocycles. The standard InChI is InChI=1S/C14H20N2S2/c1-10-5-6-17-11(10)7-15-8-13-16-12(9-18-13)14(2,3)4/h5-6,9,15H,7-8H2,1-4H3. The minimum atomic E-state index is 0.152. The first kappa shape index (κ1) is 13.7. The molecule has 18 heavy (non-hydrogen) atoms. The average Bonchev–Trinajstić information content (AvgIpc) is 2.88. The molecule has 0 bridgehead atoms. The summed E-state index contributed by atoms with van der Waals surface area (Å²) >= 11 is 3.56. The topological polar surface area (TPSA) is 24.9 Å². The van der Waals surface area contributed by atoms with Gasteiger partial charge in [-0.3, -0.25) is 0 Å². The summed E-state index contributed by atoms with van der Waals surface area (Å²) in [5, 5.41) is 8.96. The monoisotopic (exact) mass is 280 g/mol. The molecule has 0 radical (unpaired) electrons. The molecule has 0 fully saturated rings. The zero-order valence-corrected chi connectivity index (χ0v) is 13.0. The number of nitrogens with zero attached hydrogens (tertiary/aromatic N) is 1. The smallest absolute Gasteiger partial charge is 0.107 e. The Morgan fingerprint density at radius 2 is 2.00 bits per heavy atom. The molecule has 0 aliphatic rings. The SMILES string of the molecule is Cc1ccsc1CNCc1nc(C(C)(C)C)cs1. The maximum atomic E-state index is 4.68. The first-order valence-corrected chi connectivity index (χ1v) is 7.91. The lowest BCUT2D eigenvalue weighted by Gasteiger charge is -2.14. The molecule has 0 atom stereocenters. The van der Waals surface area contributed by atoms with Gasteiger partial charge in [0.05, 0.1) is 5.69 Å². The molecular weight excluding hydrogens is 260 g/mol. The van der Waals surface area contributed by atoms with Crippen LogP contribution in [0.15, 0.2) is 16.8 Å². The molecule has 0 aromatic carbocycles. The second kappa shape index (κ2) is 5.51. The molecule has 0 spiro atoms. The van der Waals surface area contributed by atoms with E-state index in [0.717, 1.165) is 13.1 Å². The number of rotatable bonds is 4. The molecule has 4 heteroatoms. The van der Waals surface area contributed by atoms with Crippen LogP contribution in [0.25, 0.3) is 0 Å². The van der Waals surface area contributed by atoms with E-state index < -0.39 is 0 Å². The van der Waals surface area contributed by atoms with E-state index >= 15 is 0 Å². The highest BCUT2D eigenvalue weighted by Crippen LogP contribution is 2.24. The normalized spacial score (nSPS) is 12.0. The van der Waals surface area contributed by atoms with E-state index in [9.17, 15) is 0 Å². The van der Waals surface area contributed by atoms with Crippen molar-refractivity contribution in [3.63, 3.8) is 0 Å². The molecule has 0 aliphatic carbocycles. The van der Waals surface area contributed by atoms with Crippen molar-refractivity contribution in [2.45, 2.75) is 46.2 Å². The van der Waals surface area contributed by atoms with Crippen LogP contribution in [0.4, 0.5) is 0 Å². The molecule has 98 valence electrons. The lowest BCUT2D eigenvalue weighted by atomic mass is 9.93. The van der Waals surface area contributed by atoms with Gasteiger partial charge in [0.2, 0.25) is 0 Å². The fourth-order valence-corrected chi connectivity index (χ4v) is 3.47. The Hall–Kier alpha value is -0.710. The Morgan fingerprint density at radius 3 is 2.56 bits per heavy atom. The summed E-state index contributed by atoms with van der Waals surface area (Å²) in [7, 11) is 0. The Morgan fingerprint density at radius 1 is 1.22 bits per heavy atom. The van der Waals surface area contributed by atoms with Gasteiger partial charge in [-0.15, -0.1) is 22.7 Å². The Labute approximate surface area is 117 Å². The lowest BCUT2D eigenvalue weighted by Crippen LogP contribution is -2.14. The number of aryl methyl sites for hydroxylation is 1. The second-order valence-electron chi connectivity index (χ2n) is 5.51. The Bertz CT molecular complexity index is 506. The van der Waals surface area contributed by atoms with Gasteiger partial charge >= 0.3 is 0 Å². The third-order valence-electron chi connectivity index (χ3n) is 2.85. The van der Waals surface area contributed by atoms with E-state index in [-0.39, 0.29) is 5.41 Å². The third-order valence-corrected chi connectivity index (χ3v) is 4.72. The zero-order chi connectivity index (χ0) is 13.2. The minimum absolute atomic E-state index is 0.152. The highest BCUT2D eigenvalue weighted by Gasteiger charge is 2.17. The molecule has 2 aromatic rings. The van der Waals surface area contributed by atoms with Crippen molar-refractivity contribution < 1.29 is 0 Å². The number of hydrogen-bond donors (Lipinski definition) is 1. The number of aromatic nitrogens is 1. The predicted molar refractivity (Wildman–Crippen MR) is 80.4 cm³/mol. The van der Waals surface area contributed by atoms with E-state index in [2.05, 4.69) is 54.8 Å². The average molecular weight is 280 g/mol. The van der Waals surface area contributed by atoms with Crippen molar-refractivity contribution in [2.24, 2.45) is 0 Å². The van der Waals surface area contributed by atoms with Crippen LogP contribution in [0, 0.1) is 6.92 Å². The van der Waals surface area contributed by atoms with Gasteiger partial charge in [-0.2, -0.15) is 0 Å². The van der Waals surface area contributed by atoms with Crippen molar-refractivity contribution in [2.75, 3.05) is 0 Å². The van der Waals surface area contributed by atoms with E-state index in [1.807, 2.05) is 11.3 Å². The number of thiazole rings is 1. The largest absolute Gasteiger partial charge is 0.306 e. The van der Waals surface area contributed by atoms with Crippen LogP contribution < -0.4 is 5.32 Å². The van der Waals surface area contributed by atoms with E-state index in [4.69, 9.17) is 0 Å². The van der Waals surface area contributed by atoms with Crippen LogP contribution in [-0.2, 0) is 18.5 Å². The molecule has 2 aromatic heterocycles. The maximum Gasteiger partial charge on any atom is 0.107 e. The fourth-order valence-electron chi connectivity index (χ4n) is 1.60. The molecule has 0 saturated carbocycles. The van der Waals surface area contributed by atoms with Crippen LogP contribution in [0.2, 0.25) is 0 Å². The van der Waals surface area contributed by atoms with E-state index in [1.54, 1.807) is 11.3 Å². The summed E-state index contributed by atoms with van der Waals surface area (Å²) in [5.41, 5.74) is 2.72. The second-order valence-corrected chi connectivity index (χ2v) is 7.45. The Kier molecular flexibility index (Phi) is 4.20. The van der Waals surface area contributed by atoms with Crippen molar-refractivity contribution in [3.05, 3.63) is 38.0 Å². The molecule has 0 saturated heterocycles. The molecule has 0 unspecified atom stereocenters. The first-order chi connectivity index (χ1) is 8.47. The molecule has 2 rings (SSSR count). The van der Waals surface area contributed by atoms with Gasteiger partial charge in [-0.25, -0.2) is 4.98 Å². The molecule has 1 N–H and O–H groups in total. The van der Waals surface area contributed by atoms with Crippen molar-refractivity contribution in [3.8, 4) is 0 Å². The molecule has 0 amide bonds. The van der Waals surface area contributed by atoms with Gasteiger partial charge in [0.25, 0.3) is 0 Å². The predicted octanol–water partition coefficient (Wildman–Crippen LogP) is 4.10. The lowest BCUT2D eigenvalue weighted by molar-refractivity contribution is 0.568. The summed E-state index contributed by atoms with van der Waals surface area (Å²) in [4.78, 5) is 6.10. The summed E-state index contributed by atoms with van der Waals surface area (Å²) in [5.74, 6) is 0. The summed E-state index contributed by atoms with van der Waals surface area (Å²) in [6, 6.07) is 2.17. The van der Waals surface area contributed by atoms with Gasteiger partial charge in [0.1, 0.15) is 5.01 Å². The summed E-state index contributed by atoms with van der Waals surface area (Å²) in [6.45, 7) is 10.6. The third kappa shape index (κ3) is 3.40. The van der Waals surface area contributed by atoms with Crippen molar-refractivity contribution in [1.82, 2.24) is 10.3 Å². The highest BCUT2D eigenvalue weighted by atomic mass is 32.1. The van der Waals surface area contributed by atoms with E-state index in [1.165, 1.54) is 21.1 Å². The highest BCUT2D eigenvalue weighted by molar-refractivity contribution is 7.10. The number of nitrogens with one attached hydrogen (secondary N) is 1. The van der Waals surface area contributed by atoms with E-state index in [0.29, 0.717) is 0 Å². The van der Waals surface area contributed by atoms with Gasteiger partial charge in [-0.1, -0.05) is 20.8 Å². The maximum absolute atomic E-state index is 4.68. The van der Waals surface area contributed by atoms with Crippen molar-refractivity contribution in [1.29, 1.82) is 0 Å². The van der Waals surface area contributed by atoms with Crippen molar-refractivity contribution >= 4 is 22.7 Å². The zero-order valence-electron chi connectivity index (χ0n) is 11.4. The molecule has 2 nitrogen and oxygen atoms in total. The van der Waals surface area contributed by atoms with Crippen LogP contribution in [0.1, 0.15) is 41.9 Å². The van der Waals surface area contributed by atoms with Crippen LogP contribution in [-0.4, -0.2) is 4.98 Å². The number of hydrogen-bond acceptors (Lipinski definition) is 4. The van der Waals surface area contributed by atoms with Crippen LogP contribution in [0.5, 0.6) is 0 Å². The number of thiophene rings is 1. The van der Waals surface area contributed by atoms with Crippen LogP contribution >= 0.6 is 22.7 Å².